The Bertz CT molecular complexity index is 1520. The first-order chi connectivity index (χ1) is 18.5. The SMILES string of the molecule is CNC(=O)c1ccnc2c(C(CCNc3cc(-c4cnc(C5CCC5)nc4)ncn3)=S(C)C)ccc(F)c12. The molecule has 4 aromatic rings. The Labute approximate surface area is 223 Å². The third-order valence-electron chi connectivity index (χ3n) is 6.87. The molecule has 0 atom stereocenters. The van der Waals surface area contributed by atoms with E-state index in [-0.39, 0.29) is 27.3 Å². The lowest BCUT2D eigenvalue weighted by atomic mass is 9.85. The first-order valence-corrected chi connectivity index (χ1v) is 14.6. The number of nitrogens with zero attached hydrogens (tertiary/aromatic N) is 5. The molecule has 0 radical (unpaired) electrons. The molecule has 0 unspecified atom stereocenters. The molecule has 1 fully saturated rings. The topological polar surface area (TPSA) is 106 Å². The van der Waals surface area contributed by atoms with Crippen molar-refractivity contribution >= 4 is 38.0 Å². The summed E-state index contributed by atoms with van der Waals surface area (Å²) >= 11 is 0. The third-order valence-corrected chi connectivity index (χ3v) is 8.28. The standard InChI is InChI=1S/C28H30FN7OS/c1-30-28(37)20-9-11-32-26-19(7-8-21(29)25(20)26)23(38(2)3)10-12-31-24-13-22(35-16-36-24)18-14-33-27(34-15-18)17-5-4-6-17/h7-9,11,13-17H,4-6,10,12H2,1-3H3,(H,30,37)(H,31,35,36). The van der Waals surface area contributed by atoms with Gasteiger partial charge in [-0.1, -0.05) is 6.42 Å². The number of benzene rings is 1. The fourth-order valence-corrected chi connectivity index (χ4v) is 5.71. The molecule has 3 heterocycles. The van der Waals surface area contributed by atoms with Crippen LogP contribution in [0, 0.1) is 5.82 Å². The summed E-state index contributed by atoms with van der Waals surface area (Å²) in [5.74, 6) is 1.30. The van der Waals surface area contributed by atoms with Crippen molar-refractivity contribution in [3.63, 3.8) is 0 Å². The Kier molecular flexibility index (Phi) is 7.69. The van der Waals surface area contributed by atoms with E-state index in [9.17, 15) is 9.18 Å². The molecule has 0 saturated heterocycles. The molecule has 3 aromatic heterocycles. The Balaban J connectivity index is 1.34. The predicted molar refractivity (Wildman–Crippen MR) is 151 cm³/mol. The first-order valence-electron chi connectivity index (χ1n) is 12.6. The van der Waals surface area contributed by atoms with Crippen LogP contribution in [0.4, 0.5) is 10.2 Å². The van der Waals surface area contributed by atoms with Gasteiger partial charge in [0.1, 0.15) is 23.8 Å². The molecule has 10 heteroatoms. The van der Waals surface area contributed by atoms with Crippen LogP contribution in [0.3, 0.4) is 0 Å². The van der Waals surface area contributed by atoms with Crippen molar-refractivity contribution in [2.75, 3.05) is 31.4 Å². The molecule has 38 heavy (non-hydrogen) atoms. The molecule has 8 nitrogen and oxygen atoms in total. The zero-order chi connectivity index (χ0) is 26.6. The molecule has 1 aromatic carbocycles. The number of carbonyl (C=O) groups is 1. The Morgan fingerprint density at radius 2 is 1.84 bits per heavy atom. The Morgan fingerprint density at radius 3 is 2.53 bits per heavy atom. The molecule has 1 aliphatic rings. The van der Waals surface area contributed by atoms with Gasteiger partial charge in [-0.15, -0.1) is 0 Å². The number of halogens is 1. The van der Waals surface area contributed by atoms with E-state index in [0.29, 0.717) is 30.2 Å². The summed E-state index contributed by atoms with van der Waals surface area (Å²) in [5.41, 5.74) is 3.24. The van der Waals surface area contributed by atoms with E-state index in [0.717, 1.165) is 40.4 Å². The van der Waals surface area contributed by atoms with Gasteiger partial charge in [0, 0.05) is 60.7 Å². The second-order valence-corrected chi connectivity index (χ2v) is 11.5. The van der Waals surface area contributed by atoms with E-state index < -0.39 is 5.82 Å². The van der Waals surface area contributed by atoms with E-state index in [1.165, 1.54) is 25.9 Å². The summed E-state index contributed by atoms with van der Waals surface area (Å²) in [4.78, 5) is 35.8. The molecule has 1 amide bonds. The zero-order valence-corrected chi connectivity index (χ0v) is 22.5. The van der Waals surface area contributed by atoms with Crippen LogP contribution in [-0.2, 0) is 0 Å². The molecule has 196 valence electrons. The van der Waals surface area contributed by atoms with Crippen LogP contribution in [0.25, 0.3) is 22.2 Å². The van der Waals surface area contributed by atoms with E-state index in [1.807, 2.05) is 18.5 Å². The molecule has 1 saturated carbocycles. The molecular weight excluding hydrogens is 501 g/mol. The summed E-state index contributed by atoms with van der Waals surface area (Å²) in [7, 11) is 1.42. The third kappa shape index (κ3) is 5.26. The summed E-state index contributed by atoms with van der Waals surface area (Å²) in [6.45, 7) is 0.613. The van der Waals surface area contributed by atoms with Crippen molar-refractivity contribution in [2.45, 2.75) is 31.6 Å². The maximum Gasteiger partial charge on any atom is 0.251 e. The van der Waals surface area contributed by atoms with Crippen molar-refractivity contribution in [3.8, 4) is 11.3 Å². The molecular formula is C28H30FN7OS. The van der Waals surface area contributed by atoms with Crippen LogP contribution in [0.1, 0.15) is 53.3 Å². The van der Waals surface area contributed by atoms with Crippen molar-refractivity contribution in [2.24, 2.45) is 0 Å². The maximum atomic E-state index is 14.9. The van der Waals surface area contributed by atoms with Crippen LogP contribution in [0.5, 0.6) is 0 Å². The van der Waals surface area contributed by atoms with E-state index in [1.54, 1.807) is 18.3 Å². The van der Waals surface area contributed by atoms with Gasteiger partial charge >= 0.3 is 0 Å². The van der Waals surface area contributed by atoms with Crippen LogP contribution in [0.15, 0.2) is 49.2 Å². The highest BCUT2D eigenvalue weighted by Crippen LogP contribution is 2.34. The van der Waals surface area contributed by atoms with E-state index in [2.05, 4.69) is 48.1 Å². The second kappa shape index (κ2) is 11.3. The van der Waals surface area contributed by atoms with Gasteiger partial charge in [-0.2, -0.15) is 10.5 Å². The zero-order valence-electron chi connectivity index (χ0n) is 21.7. The molecule has 5 rings (SSSR count). The lowest BCUT2D eigenvalue weighted by Gasteiger charge is -2.23. The quantitative estimate of drug-likeness (QED) is 0.249. The van der Waals surface area contributed by atoms with Gasteiger partial charge in [0.25, 0.3) is 5.91 Å². The van der Waals surface area contributed by atoms with Crippen LogP contribution in [0.2, 0.25) is 0 Å². The Hall–Kier alpha value is -3.79. The predicted octanol–water partition coefficient (Wildman–Crippen LogP) is 4.80. The van der Waals surface area contributed by atoms with Crippen LogP contribution in [-0.4, -0.2) is 61.8 Å². The number of carbonyl (C=O) groups excluding carboxylic acids is 1. The number of aromatic nitrogens is 5. The minimum Gasteiger partial charge on any atom is -0.370 e. The molecule has 1 aliphatic carbocycles. The van der Waals surface area contributed by atoms with Gasteiger partial charge in [0.05, 0.1) is 16.8 Å². The van der Waals surface area contributed by atoms with Crippen molar-refractivity contribution in [1.29, 1.82) is 0 Å². The van der Waals surface area contributed by atoms with E-state index >= 15 is 0 Å². The minimum absolute atomic E-state index is 0.116. The van der Waals surface area contributed by atoms with Crippen LogP contribution >= 0.6 is 10.5 Å². The molecule has 2 N–H and O–H groups in total. The summed E-state index contributed by atoms with van der Waals surface area (Å²) < 4.78 is 14.9. The average Bonchev–Trinajstić information content (AvgIpc) is 2.90. The summed E-state index contributed by atoms with van der Waals surface area (Å²) in [5, 5.41) is 6.22. The number of nitrogens with one attached hydrogen (secondary N) is 2. The largest absolute Gasteiger partial charge is 0.370 e. The molecule has 0 spiro atoms. The number of rotatable bonds is 8. The maximum absolute atomic E-state index is 14.9. The second-order valence-electron chi connectivity index (χ2n) is 9.42. The first kappa shape index (κ1) is 25.8. The summed E-state index contributed by atoms with van der Waals surface area (Å²) in [6.07, 6.45) is 15.3. The molecule has 0 bridgehead atoms. The fraction of sp³-hybridized carbons (Fsp3) is 0.321. The number of hydrogen-bond donors (Lipinski definition) is 2. The highest BCUT2D eigenvalue weighted by atomic mass is 32.2. The smallest absolute Gasteiger partial charge is 0.251 e. The normalized spacial score (nSPS) is 13.4. The van der Waals surface area contributed by atoms with Gasteiger partial charge in [-0.05, 0) is 54.8 Å². The number of amides is 1. The van der Waals surface area contributed by atoms with Crippen LogP contribution < -0.4 is 10.6 Å². The molecule has 0 aliphatic heterocycles. The van der Waals surface area contributed by atoms with Gasteiger partial charge in [-0.3, -0.25) is 9.78 Å². The van der Waals surface area contributed by atoms with Gasteiger partial charge < -0.3 is 10.6 Å². The average molecular weight is 532 g/mol. The highest BCUT2D eigenvalue weighted by Gasteiger charge is 2.22. The van der Waals surface area contributed by atoms with E-state index in [4.69, 9.17) is 0 Å². The van der Waals surface area contributed by atoms with Gasteiger partial charge in [-0.25, -0.2) is 24.3 Å². The van der Waals surface area contributed by atoms with Crippen molar-refractivity contribution in [1.82, 2.24) is 30.2 Å². The van der Waals surface area contributed by atoms with Gasteiger partial charge in [0.2, 0.25) is 0 Å². The highest BCUT2D eigenvalue weighted by molar-refractivity contribution is 8.15. The number of fused-ring (bicyclic) bond motifs is 1. The van der Waals surface area contributed by atoms with Gasteiger partial charge in [0.15, 0.2) is 0 Å². The van der Waals surface area contributed by atoms with Crippen molar-refractivity contribution < 1.29 is 9.18 Å². The lowest BCUT2D eigenvalue weighted by molar-refractivity contribution is 0.0964. The Morgan fingerprint density at radius 1 is 1.05 bits per heavy atom. The van der Waals surface area contributed by atoms with Crippen molar-refractivity contribution in [3.05, 3.63) is 72.0 Å². The summed E-state index contributed by atoms with van der Waals surface area (Å²) in [6, 6.07) is 6.62. The lowest BCUT2D eigenvalue weighted by Crippen LogP contribution is -2.19. The monoisotopic (exact) mass is 531 g/mol. The number of hydrogen-bond acceptors (Lipinski definition) is 7. The fourth-order valence-electron chi connectivity index (χ4n) is 4.60. The minimum atomic E-state index is -0.460. The number of pyridine rings is 1. The number of anilines is 1.